The number of nitrogen functional groups attached to an aromatic ring is 1. The minimum absolute atomic E-state index is 0.217. The molecule has 0 bridgehead atoms. The number of H-pyrrole nitrogens is 1. The van der Waals surface area contributed by atoms with Gasteiger partial charge in [0, 0.05) is 12.7 Å². The SMILES string of the molecule is CCCn1nccc1-c1nc(N)nc2nc[nH]c12. The van der Waals surface area contributed by atoms with Crippen molar-refractivity contribution in [3.8, 4) is 11.4 Å². The van der Waals surface area contributed by atoms with E-state index >= 15 is 0 Å². The standard InChI is InChI=1S/C11H13N7/c1-2-5-18-7(3-4-15-18)8-9-10(14-6-13-9)17-11(12)16-8/h3-4,6H,2,5H2,1H3,(H3,12,13,14,16,17). The molecular weight excluding hydrogens is 230 g/mol. The maximum atomic E-state index is 5.71. The molecule has 0 unspecified atom stereocenters. The van der Waals surface area contributed by atoms with E-state index in [1.165, 1.54) is 0 Å². The second-order valence-corrected chi connectivity index (χ2v) is 3.97. The van der Waals surface area contributed by atoms with Crippen LogP contribution >= 0.6 is 0 Å². The quantitative estimate of drug-likeness (QED) is 0.720. The van der Waals surface area contributed by atoms with Crippen LogP contribution < -0.4 is 5.73 Å². The fraction of sp³-hybridized carbons (Fsp3) is 0.273. The molecule has 3 rings (SSSR count). The molecule has 3 aromatic rings. The van der Waals surface area contributed by atoms with E-state index in [4.69, 9.17) is 5.73 Å². The highest BCUT2D eigenvalue weighted by Crippen LogP contribution is 2.24. The van der Waals surface area contributed by atoms with Crippen molar-refractivity contribution in [2.45, 2.75) is 19.9 Å². The monoisotopic (exact) mass is 243 g/mol. The van der Waals surface area contributed by atoms with Crippen LogP contribution in [0.25, 0.3) is 22.6 Å². The molecular formula is C11H13N7. The summed E-state index contributed by atoms with van der Waals surface area (Å²) in [6.45, 7) is 2.94. The van der Waals surface area contributed by atoms with Gasteiger partial charge in [-0.3, -0.25) is 4.68 Å². The number of fused-ring (bicyclic) bond motifs is 1. The Kier molecular flexibility index (Phi) is 2.44. The number of imidazole rings is 1. The van der Waals surface area contributed by atoms with Gasteiger partial charge in [0.15, 0.2) is 5.65 Å². The van der Waals surface area contributed by atoms with Crippen LogP contribution in [-0.2, 0) is 6.54 Å². The Morgan fingerprint density at radius 3 is 3.11 bits per heavy atom. The Hall–Kier alpha value is -2.44. The molecule has 3 heterocycles. The lowest BCUT2D eigenvalue weighted by Crippen LogP contribution is -2.04. The molecule has 92 valence electrons. The fourth-order valence-electron chi connectivity index (χ4n) is 1.96. The largest absolute Gasteiger partial charge is 0.368 e. The highest BCUT2D eigenvalue weighted by Gasteiger charge is 2.14. The number of nitrogens with zero attached hydrogens (tertiary/aromatic N) is 5. The van der Waals surface area contributed by atoms with E-state index in [1.54, 1.807) is 12.5 Å². The predicted molar refractivity (Wildman–Crippen MR) is 67.6 cm³/mol. The molecule has 18 heavy (non-hydrogen) atoms. The molecule has 0 aliphatic rings. The van der Waals surface area contributed by atoms with E-state index in [0.717, 1.165) is 29.9 Å². The molecule has 0 amide bonds. The van der Waals surface area contributed by atoms with Crippen molar-refractivity contribution in [2.75, 3.05) is 5.73 Å². The first-order valence-corrected chi connectivity index (χ1v) is 5.78. The summed E-state index contributed by atoms with van der Waals surface area (Å²) in [5, 5.41) is 4.28. The number of aryl methyl sites for hydroxylation is 1. The smallest absolute Gasteiger partial charge is 0.222 e. The number of aromatic amines is 1. The third-order valence-electron chi connectivity index (χ3n) is 2.70. The van der Waals surface area contributed by atoms with Gasteiger partial charge in [-0.15, -0.1) is 0 Å². The lowest BCUT2D eigenvalue weighted by Gasteiger charge is -2.06. The molecule has 0 saturated carbocycles. The molecule has 0 atom stereocenters. The average Bonchev–Trinajstić information content (AvgIpc) is 2.96. The minimum atomic E-state index is 0.217. The second-order valence-electron chi connectivity index (χ2n) is 3.97. The van der Waals surface area contributed by atoms with Gasteiger partial charge in [-0.1, -0.05) is 6.92 Å². The van der Waals surface area contributed by atoms with E-state index in [-0.39, 0.29) is 5.95 Å². The summed E-state index contributed by atoms with van der Waals surface area (Å²) in [5.41, 5.74) is 8.71. The summed E-state index contributed by atoms with van der Waals surface area (Å²) < 4.78 is 1.90. The van der Waals surface area contributed by atoms with Gasteiger partial charge < -0.3 is 10.7 Å². The molecule has 0 spiro atoms. The van der Waals surface area contributed by atoms with Gasteiger partial charge in [0.1, 0.15) is 11.2 Å². The van der Waals surface area contributed by atoms with Crippen LogP contribution in [0.4, 0.5) is 5.95 Å². The molecule has 0 saturated heterocycles. The number of nitrogens with two attached hydrogens (primary N) is 1. The van der Waals surface area contributed by atoms with Crippen molar-refractivity contribution in [1.82, 2.24) is 29.7 Å². The lowest BCUT2D eigenvalue weighted by molar-refractivity contribution is 0.608. The number of hydrogen-bond donors (Lipinski definition) is 2. The molecule has 7 heteroatoms. The van der Waals surface area contributed by atoms with Gasteiger partial charge >= 0.3 is 0 Å². The van der Waals surface area contributed by atoms with Crippen LogP contribution in [0.5, 0.6) is 0 Å². The first-order chi connectivity index (χ1) is 8.79. The van der Waals surface area contributed by atoms with Crippen LogP contribution in [0, 0.1) is 0 Å². The highest BCUT2D eigenvalue weighted by molar-refractivity contribution is 5.86. The number of rotatable bonds is 3. The zero-order valence-electron chi connectivity index (χ0n) is 9.96. The molecule has 0 radical (unpaired) electrons. The molecule has 0 aliphatic heterocycles. The Labute approximate surface area is 103 Å². The minimum Gasteiger partial charge on any atom is -0.368 e. The summed E-state index contributed by atoms with van der Waals surface area (Å²) in [5.74, 6) is 0.217. The summed E-state index contributed by atoms with van der Waals surface area (Å²) in [6.07, 6.45) is 4.34. The molecule has 0 fully saturated rings. The highest BCUT2D eigenvalue weighted by atomic mass is 15.3. The van der Waals surface area contributed by atoms with E-state index in [9.17, 15) is 0 Å². The third kappa shape index (κ3) is 1.60. The Morgan fingerprint density at radius 1 is 1.39 bits per heavy atom. The number of anilines is 1. The average molecular weight is 243 g/mol. The summed E-state index contributed by atoms with van der Waals surface area (Å²) >= 11 is 0. The lowest BCUT2D eigenvalue weighted by atomic mass is 10.2. The van der Waals surface area contributed by atoms with Crippen LogP contribution in [0.2, 0.25) is 0 Å². The first-order valence-electron chi connectivity index (χ1n) is 5.78. The summed E-state index contributed by atoms with van der Waals surface area (Å²) in [7, 11) is 0. The van der Waals surface area contributed by atoms with Crippen LogP contribution in [0.15, 0.2) is 18.6 Å². The van der Waals surface area contributed by atoms with Gasteiger partial charge in [0.25, 0.3) is 0 Å². The molecule has 0 aliphatic carbocycles. The topological polar surface area (TPSA) is 98.3 Å². The van der Waals surface area contributed by atoms with Crippen molar-refractivity contribution in [1.29, 1.82) is 0 Å². The Morgan fingerprint density at radius 2 is 2.28 bits per heavy atom. The van der Waals surface area contributed by atoms with Crippen molar-refractivity contribution in [3.05, 3.63) is 18.6 Å². The number of aromatic nitrogens is 6. The Balaban J connectivity index is 2.24. The molecule has 3 N–H and O–H groups in total. The number of nitrogens with one attached hydrogen (secondary N) is 1. The second kappa shape index (κ2) is 4.10. The number of hydrogen-bond acceptors (Lipinski definition) is 5. The van der Waals surface area contributed by atoms with Crippen LogP contribution in [0.3, 0.4) is 0 Å². The van der Waals surface area contributed by atoms with E-state index < -0.39 is 0 Å². The molecule has 0 aromatic carbocycles. The van der Waals surface area contributed by atoms with E-state index in [2.05, 4.69) is 32.0 Å². The maximum Gasteiger partial charge on any atom is 0.222 e. The van der Waals surface area contributed by atoms with Crippen LogP contribution in [-0.4, -0.2) is 29.7 Å². The molecule has 3 aromatic heterocycles. The van der Waals surface area contributed by atoms with Gasteiger partial charge in [0.2, 0.25) is 5.95 Å². The maximum absolute atomic E-state index is 5.71. The van der Waals surface area contributed by atoms with Gasteiger partial charge in [-0.05, 0) is 12.5 Å². The van der Waals surface area contributed by atoms with Gasteiger partial charge in [0.05, 0.1) is 12.0 Å². The first kappa shape index (κ1) is 10.7. The normalized spacial score (nSPS) is 11.2. The fourth-order valence-corrected chi connectivity index (χ4v) is 1.96. The Bertz CT molecular complexity index is 682. The van der Waals surface area contributed by atoms with Gasteiger partial charge in [-0.2, -0.15) is 10.1 Å². The third-order valence-corrected chi connectivity index (χ3v) is 2.70. The van der Waals surface area contributed by atoms with Crippen molar-refractivity contribution in [2.24, 2.45) is 0 Å². The van der Waals surface area contributed by atoms with E-state index in [1.807, 2.05) is 10.7 Å². The van der Waals surface area contributed by atoms with Crippen molar-refractivity contribution >= 4 is 17.1 Å². The molecule has 7 nitrogen and oxygen atoms in total. The van der Waals surface area contributed by atoms with E-state index in [0.29, 0.717) is 5.65 Å². The van der Waals surface area contributed by atoms with Gasteiger partial charge in [-0.25, -0.2) is 9.97 Å². The predicted octanol–water partition coefficient (Wildman–Crippen LogP) is 1.21. The summed E-state index contributed by atoms with van der Waals surface area (Å²) in [4.78, 5) is 15.5. The summed E-state index contributed by atoms with van der Waals surface area (Å²) in [6, 6.07) is 1.91. The zero-order valence-corrected chi connectivity index (χ0v) is 9.96. The van der Waals surface area contributed by atoms with Crippen molar-refractivity contribution in [3.63, 3.8) is 0 Å². The zero-order chi connectivity index (χ0) is 12.5. The van der Waals surface area contributed by atoms with Crippen molar-refractivity contribution < 1.29 is 0 Å². The van der Waals surface area contributed by atoms with Crippen LogP contribution in [0.1, 0.15) is 13.3 Å².